The molecule has 1 unspecified atom stereocenters. The normalized spacial score (nSPS) is 16.9. The molecule has 2 heterocycles. The van der Waals surface area contributed by atoms with Crippen LogP contribution in [0.15, 0.2) is 48.5 Å². The molecule has 8 nitrogen and oxygen atoms in total. The smallest absolute Gasteiger partial charge is 0.262 e. The molecule has 0 radical (unpaired) electrons. The first-order valence-electron chi connectivity index (χ1n) is 12.0. The van der Waals surface area contributed by atoms with Crippen molar-refractivity contribution in [3.05, 3.63) is 65.2 Å². The van der Waals surface area contributed by atoms with Crippen LogP contribution in [0.2, 0.25) is 0 Å². The highest BCUT2D eigenvalue weighted by molar-refractivity contribution is 6.22. The number of rotatable bonds is 7. The van der Waals surface area contributed by atoms with Crippen LogP contribution in [0, 0.1) is 5.92 Å². The molecule has 1 N–H and O–H groups in total. The highest BCUT2D eigenvalue weighted by Gasteiger charge is 2.44. The van der Waals surface area contributed by atoms with E-state index in [-0.39, 0.29) is 30.2 Å². The van der Waals surface area contributed by atoms with E-state index in [1.54, 1.807) is 36.3 Å². The van der Waals surface area contributed by atoms with E-state index < -0.39 is 17.9 Å². The Morgan fingerprint density at radius 1 is 0.971 bits per heavy atom. The number of hydrogen-bond acceptors (Lipinski definition) is 5. The summed E-state index contributed by atoms with van der Waals surface area (Å²) < 4.78 is 5.34. The van der Waals surface area contributed by atoms with E-state index in [2.05, 4.69) is 5.32 Å². The number of methoxy groups -OCH3 is 1. The molecule has 4 amide bonds. The van der Waals surface area contributed by atoms with Crippen molar-refractivity contribution in [3.63, 3.8) is 0 Å². The predicted molar refractivity (Wildman–Crippen MR) is 130 cm³/mol. The first-order chi connectivity index (χ1) is 16.8. The summed E-state index contributed by atoms with van der Waals surface area (Å²) in [5.74, 6) is -0.748. The fourth-order valence-electron chi connectivity index (χ4n) is 4.86. The second-order valence-electron chi connectivity index (χ2n) is 9.37. The van der Waals surface area contributed by atoms with Crippen LogP contribution in [0.5, 0.6) is 5.75 Å². The summed E-state index contributed by atoms with van der Waals surface area (Å²) in [7, 11) is 1.59. The Labute approximate surface area is 205 Å². The summed E-state index contributed by atoms with van der Waals surface area (Å²) in [4.78, 5) is 54.8. The third kappa shape index (κ3) is 4.92. The van der Waals surface area contributed by atoms with Gasteiger partial charge in [-0.1, -0.05) is 44.2 Å². The zero-order chi connectivity index (χ0) is 25.1. The molecule has 8 heteroatoms. The maximum Gasteiger partial charge on any atom is 0.262 e. The van der Waals surface area contributed by atoms with Gasteiger partial charge in [0.15, 0.2) is 0 Å². The number of carbonyl (C=O) groups is 4. The van der Waals surface area contributed by atoms with E-state index in [1.165, 1.54) is 0 Å². The fraction of sp³-hybridized carbons (Fsp3) is 0.407. The Bertz CT molecular complexity index is 1100. The number of nitrogens with one attached hydrogen (secondary N) is 1. The Kier molecular flexibility index (Phi) is 7.19. The van der Waals surface area contributed by atoms with Gasteiger partial charge in [0, 0.05) is 24.7 Å². The number of fused-ring (bicyclic) bond motifs is 1. The van der Waals surface area contributed by atoms with Crippen molar-refractivity contribution in [1.82, 2.24) is 15.1 Å². The van der Waals surface area contributed by atoms with Gasteiger partial charge in [-0.15, -0.1) is 0 Å². The maximum absolute atomic E-state index is 13.3. The minimum atomic E-state index is -0.896. The molecule has 0 aromatic heterocycles. The molecule has 1 saturated heterocycles. The molecule has 0 bridgehead atoms. The minimum Gasteiger partial charge on any atom is -0.496 e. The number of para-hydroxylation sites is 1. The Morgan fingerprint density at radius 3 is 2.11 bits per heavy atom. The van der Waals surface area contributed by atoms with Gasteiger partial charge in [-0.2, -0.15) is 0 Å². The molecule has 1 atom stereocenters. The van der Waals surface area contributed by atoms with E-state index in [9.17, 15) is 19.2 Å². The molecule has 2 aromatic carbocycles. The number of nitrogens with zero attached hydrogens (tertiary/aromatic N) is 2. The van der Waals surface area contributed by atoms with Crippen LogP contribution >= 0.6 is 0 Å². The van der Waals surface area contributed by atoms with Gasteiger partial charge in [-0.3, -0.25) is 24.1 Å². The number of carbonyl (C=O) groups excluding carboxylic acids is 4. The van der Waals surface area contributed by atoms with Gasteiger partial charge in [0.05, 0.1) is 24.7 Å². The van der Waals surface area contributed by atoms with E-state index in [0.29, 0.717) is 42.8 Å². The molecular weight excluding hydrogens is 446 g/mol. The lowest BCUT2D eigenvalue weighted by atomic mass is 9.99. The van der Waals surface area contributed by atoms with Crippen molar-refractivity contribution in [2.75, 3.05) is 20.2 Å². The van der Waals surface area contributed by atoms with Crippen molar-refractivity contribution in [1.29, 1.82) is 0 Å². The third-order valence-corrected chi connectivity index (χ3v) is 6.73. The maximum atomic E-state index is 13.3. The summed E-state index contributed by atoms with van der Waals surface area (Å²) in [5.41, 5.74) is 1.51. The standard InChI is InChI=1S/C27H31N3O5/c1-17(2)24(30-26(33)20-9-5-6-10-21(20)27(30)34)25(32)28-19-12-14-29(15-13-19)23(31)16-18-8-4-7-11-22(18)35-3/h4-11,17,19,24H,12-16H2,1-3H3,(H,28,32). The molecular formula is C27H31N3O5. The molecule has 0 aliphatic carbocycles. The quantitative estimate of drug-likeness (QED) is 0.619. The van der Waals surface area contributed by atoms with Crippen LogP contribution in [0.4, 0.5) is 0 Å². The molecule has 0 spiro atoms. The lowest BCUT2D eigenvalue weighted by molar-refractivity contribution is -0.132. The SMILES string of the molecule is COc1ccccc1CC(=O)N1CCC(NC(=O)C(C(C)C)N2C(=O)c3ccccc3C2=O)CC1. The van der Waals surface area contributed by atoms with Crippen LogP contribution < -0.4 is 10.1 Å². The second-order valence-corrected chi connectivity index (χ2v) is 9.37. The molecule has 2 aromatic rings. The van der Waals surface area contributed by atoms with Crippen molar-refractivity contribution in [3.8, 4) is 5.75 Å². The number of likely N-dealkylation sites (tertiary alicyclic amines) is 1. The van der Waals surface area contributed by atoms with E-state index in [1.807, 2.05) is 38.1 Å². The van der Waals surface area contributed by atoms with Crippen molar-refractivity contribution < 1.29 is 23.9 Å². The lowest BCUT2D eigenvalue weighted by Crippen LogP contribution is -2.55. The van der Waals surface area contributed by atoms with Gasteiger partial charge in [-0.25, -0.2) is 0 Å². The molecule has 4 rings (SSSR count). The van der Waals surface area contributed by atoms with Gasteiger partial charge >= 0.3 is 0 Å². The van der Waals surface area contributed by atoms with Crippen LogP contribution in [0.1, 0.15) is 53.0 Å². The molecule has 35 heavy (non-hydrogen) atoms. The monoisotopic (exact) mass is 477 g/mol. The molecule has 184 valence electrons. The van der Waals surface area contributed by atoms with Gasteiger partial charge in [0.2, 0.25) is 11.8 Å². The van der Waals surface area contributed by atoms with Gasteiger partial charge in [0.25, 0.3) is 11.8 Å². The summed E-state index contributed by atoms with van der Waals surface area (Å²) >= 11 is 0. The van der Waals surface area contributed by atoms with Crippen molar-refractivity contribution in [2.24, 2.45) is 5.92 Å². The average molecular weight is 478 g/mol. The molecule has 2 aliphatic rings. The van der Waals surface area contributed by atoms with E-state index >= 15 is 0 Å². The van der Waals surface area contributed by atoms with Gasteiger partial charge < -0.3 is 15.0 Å². The summed E-state index contributed by atoms with van der Waals surface area (Å²) in [6.45, 7) is 4.70. The molecule has 0 saturated carbocycles. The Balaban J connectivity index is 1.36. The van der Waals surface area contributed by atoms with Crippen LogP contribution in [0.25, 0.3) is 0 Å². The number of imide groups is 1. The highest BCUT2D eigenvalue weighted by Crippen LogP contribution is 2.27. The topological polar surface area (TPSA) is 96.0 Å². The first-order valence-corrected chi connectivity index (χ1v) is 12.0. The van der Waals surface area contributed by atoms with Gasteiger partial charge in [0.1, 0.15) is 11.8 Å². The number of benzene rings is 2. The molecule has 1 fully saturated rings. The Hall–Kier alpha value is -3.68. The summed E-state index contributed by atoms with van der Waals surface area (Å²) in [6, 6.07) is 13.1. The van der Waals surface area contributed by atoms with E-state index in [0.717, 1.165) is 10.5 Å². The first kappa shape index (κ1) is 24.4. The number of ether oxygens (including phenoxy) is 1. The molecule has 2 aliphatic heterocycles. The van der Waals surface area contributed by atoms with Crippen LogP contribution in [0.3, 0.4) is 0 Å². The van der Waals surface area contributed by atoms with Crippen molar-refractivity contribution in [2.45, 2.75) is 45.2 Å². The van der Waals surface area contributed by atoms with Crippen LogP contribution in [-0.2, 0) is 16.0 Å². The Morgan fingerprint density at radius 2 is 1.54 bits per heavy atom. The summed E-state index contributed by atoms with van der Waals surface area (Å²) in [6.07, 6.45) is 1.48. The zero-order valence-electron chi connectivity index (χ0n) is 20.3. The average Bonchev–Trinajstić information content (AvgIpc) is 3.10. The van der Waals surface area contributed by atoms with Crippen LogP contribution in [-0.4, -0.2) is 65.7 Å². The number of amides is 4. The van der Waals surface area contributed by atoms with Gasteiger partial charge in [-0.05, 0) is 37.0 Å². The second kappa shape index (κ2) is 10.3. The largest absolute Gasteiger partial charge is 0.496 e. The lowest BCUT2D eigenvalue weighted by Gasteiger charge is -2.35. The van der Waals surface area contributed by atoms with Crippen molar-refractivity contribution >= 4 is 23.6 Å². The zero-order valence-corrected chi connectivity index (χ0v) is 20.3. The highest BCUT2D eigenvalue weighted by atomic mass is 16.5. The van der Waals surface area contributed by atoms with E-state index in [4.69, 9.17) is 4.74 Å². The summed E-state index contributed by atoms with van der Waals surface area (Å²) in [5, 5.41) is 3.03. The third-order valence-electron chi connectivity index (χ3n) is 6.73. The number of piperidine rings is 1. The number of hydrogen-bond donors (Lipinski definition) is 1. The predicted octanol–water partition coefficient (Wildman–Crippen LogP) is 2.67. The fourth-order valence-corrected chi connectivity index (χ4v) is 4.86. The minimum absolute atomic E-state index is 0.0189.